The first-order valence-corrected chi connectivity index (χ1v) is 7.94. The summed E-state index contributed by atoms with van der Waals surface area (Å²) < 4.78 is 2.29. The van der Waals surface area contributed by atoms with Gasteiger partial charge in [0.15, 0.2) is 0 Å². The zero-order valence-corrected chi connectivity index (χ0v) is 14.4. The van der Waals surface area contributed by atoms with Gasteiger partial charge in [-0.1, -0.05) is 45.8 Å². The van der Waals surface area contributed by atoms with E-state index in [0.717, 1.165) is 10.9 Å². The van der Waals surface area contributed by atoms with Crippen LogP contribution in [0.4, 0.5) is 0 Å². The minimum absolute atomic E-state index is 0.104. The van der Waals surface area contributed by atoms with Gasteiger partial charge in [0.1, 0.15) is 0 Å². The van der Waals surface area contributed by atoms with E-state index in [-0.39, 0.29) is 6.04 Å². The van der Waals surface area contributed by atoms with Crippen molar-refractivity contribution in [2.45, 2.75) is 19.4 Å². The van der Waals surface area contributed by atoms with Crippen LogP contribution < -0.4 is 11.3 Å². The van der Waals surface area contributed by atoms with E-state index in [2.05, 4.69) is 93.3 Å². The average Bonchev–Trinajstić information content (AvgIpc) is 2.41. The molecule has 4 heteroatoms. The molecule has 2 aromatic carbocycles. The van der Waals surface area contributed by atoms with Gasteiger partial charge in [-0.25, -0.2) is 0 Å². The molecule has 1 atom stereocenters. The smallest absolute Gasteiger partial charge is 0.0511 e. The summed E-state index contributed by atoms with van der Waals surface area (Å²) in [6.07, 6.45) is 0.871. The molecule has 19 heavy (non-hydrogen) atoms. The monoisotopic (exact) mass is 430 g/mol. The van der Waals surface area contributed by atoms with Crippen LogP contribution >= 0.6 is 38.5 Å². The summed E-state index contributed by atoms with van der Waals surface area (Å²) >= 11 is 5.92. The largest absolute Gasteiger partial charge is 0.271 e. The molecular weight excluding hydrogens is 415 g/mol. The second-order valence-electron chi connectivity index (χ2n) is 4.57. The first-order chi connectivity index (χ1) is 9.10. The lowest BCUT2D eigenvalue weighted by Crippen LogP contribution is -2.30. The van der Waals surface area contributed by atoms with E-state index in [1.807, 2.05) is 0 Å². The molecule has 0 saturated carbocycles. The Bertz CT molecular complexity index is 555. The van der Waals surface area contributed by atoms with Gasteiger partial charge in [-0.15, -0.1) is 0 Å². The molecule has 0 aliphatic rings. The molecule has 1 unspecified atom stereocenters. The predicted molar refractivity (Wildman–Crippen MR) is 91.8 cm³/mol. The maximum absolute atomic E-state index is 5.73. The molecule has 100 valence electrons. The van der Waals surface area contributed by atoms with Crippen LogP contribution in [0.5, 0.6) is 0 Å². The van der Waals surface area contributed by atoms with E-state index >= 15 is 0 Å². The van der Waals surface area contributed by atoms with Crippen molar-refractivity contribution in [3.8, 4) is 0 Å². The van der Waals surface area contributed by atoms with Crippen LogP contribution in [-0.2, 0) is 6.42 Å². The van der Waals surface area contributed by atoms with Crippen LogP contribution in [-0.4, -0.2) is 0 Å². The molecule has 0 saturated heterocycles. The van der Waals surface area contributed by atoms with Crippen molar-refractivity contribution in [1.82, 2.24) is 5.43 Å². The third kappa shape index (κ3) is 4.02. The second-order valence-corrected chi connectivity index (χ2v) is 6.67. The molecule has 0 aliphatic carbocycles. The van der Waals surface area contributed by atoms with Gasteiger partial charge in [-0.3, -0.25) is 11.3 Å². The SMILES string of the molecule is Cc1ccc(CC(NN)c2cc(I)ccc2Br)cc1. The Kier molecular flexibility index (Phi) is 5.38. The van der Waals surface area contributed by atoms with Gasteiger partial charge in [-0.05, 0) is 65.3 Å². The Hall–Kier alpha value is -0.430. The number of hydrogen-bond acceptors (Lipinski definition) is 2. The molecule has 0 heterocycles. The van der Waals surface area contributed by atoms with E-state index < -0.39 is 0 Å². The minimum atomic E-state index is 0.104. The molecule has 0 fully saturated rings. The molecule has 2 aromatic rings. The first kappa shape index (κ1) is 15.0. The zero-order valence-electron chi connectivity index (χ0n) is 10.7. The quantitative estimate of drug-likeness (QED) is 0.435. The molecule has 0 radical (unpaired) electrons. The summed E-state index contributed by atoms with van der Waals surface area (Å²) in [5.41, 5.74) is 6.66. The highest BCUT2D eigenvalue weighted by Gasteiger charge is 2.14. The number of aryl methyl sites for hydroxylation is 1. The van der Waals surface area contributed by atoms with E-state index in [1.165, 1.54) is 20.3 Å². The van der Waals surface area contributed by atoms with Crippen LogP contribution in [0, 0.1) is 10.5 Å². The van der Waals surface area contributed by atoms with Crippen LogP contribution in [0.25, 0.3) is 0 Å². The number of halogens is 2. The summed E-state index contributed by atoms with van der Waals surface area (Å²) in [4.78, 5) is 0. The number of nitrogens with two attached hydrogens (primary N) is 1. The number of hydrogen-bond donors (Lipinski definition) is 2. The van der Waals surface area contributed by atoms with E-state index in [1.54, 1.807) is 0 Å². The normalized spacial score (nSPS) is 12.4. The summed E-state index contributed by atoms with van der Waals surface area (Å²) in [5, 5.41) is 0. The Morgan fingerprint density at radius 2 is 1.89 bits per heavy atom. The molecule has 0 amide bonds. The molecule has 0 spiro atoms. The van der Waals surface area contributed by atoms with Crippen molar-refractivity contribution in [3.63, 3.8) is 0 Å². The maximum Gasteiger partial charge on any atom is 0.0511 e. The van der Waals surface area contributed by atoms with Crippen molar-refractivity contribution in [1.29, 1.82) is 0 Å². The maximum atomic E-state index is 5.73. The van der Waals surface area contributed by atoms with Gasteiger partial charge >= 0.3 is 0 Å². The van der Waals surface area contributed by atoms with Crippen molar-refractivity contribution < 1.29 is 0 Å². The Morgan fingerprint density at radius 1 is 1.21 bits per heavy atom. The lowest BCUT2D eigenvalue weighted by Gasteiger charge is -2.18. The molecule has 2 rings (SSSR count). The van der Waals surface area contributed by atoms with Crippen LogP contribution in [0.15, 0.2) is 46.9 Å². The van der Waals surface area contributed by atoms with Crippen LogP contribution in [0.1, 0.15) is 22.7 Å². The summed E-state index contributed by atoms with van der Waals surface area (Å²) in [5.74, 6) is 5.73. The lowest BCUT2D eigenvalue weighted by molar-refractivity contribution is 0.549. The van der Waals surface area contributed by atoms with Gasteiger partial charge in [0.05, 0.1) is 6.04 Å². The standard InChI is InChI=1S/C15H16BrIN2/c1-10-2-4-11(5-3-10)8-15(19-18)13-9-12(17)6-7-14(13)16/h2-7,9,15,19H,8,18H2,1H3. The lowest BCUT2D eigenvalue weighted by atomic mass is 9.99. The first-order valence-electron chi connectivity index (χ1n) is 6.07. The third-order valence-electron chi connectivity index (χ3n) is 3.10. The number of benzene rings is 2. The second kappa shape index (κ2) is 6.83. The number of rotatable bonds is 4. The van der Waals surface area contributed by atoms with Crippen molar-refractivity contribution in [3.05, 3.63) is 67.2 Å². The highest BCUT2D eigenvalue weighted by Crippen LogP contribution is 2.27. The molecule has 2 nitrogen and oxygen atoms in total. The third-order valence-corrected chi connectivity index (χ3v) is 4.49. The van der Waals surface area contributed by atoms with E-state index in [0.29, 0.717) is 0 Å². The summed E-state index contributed by atoms with van der Waals surface area (Å²) in [6, 6.07) is 15.0. The molecule has 0 bridgehead atoms. The van der Waals surface area contributed by atoms with E-state index in [9.17, 15) is 0 Å². The van der Waals surface area contributed by atoms with Gasteiger partial charge in [0, 0.05) is 8.04 Å². The molecular formula is C15H16BrIN2. The van der Waals surface area contributed by atoms with Gasteiger partial charge in [0.25, 0.3) is 0 Å². The Morgan fingerprint density at radius 3 is 2.53 bits per heavy atom. The topological polar surface area (TPSA) is 38.0 Å². The Balaban J connectivity index is 2.24. The summed E-state index contributed by atoms with van der Waals surface area (Å²) in [6.45, 7) is 2.10. The molecule has 0 aromatic heterocycles. The van der Waals surface area contributed by atoms with Crippen LogP contribution in [0.2, 0.25) is 0 Å². The van der Waals surface area contributed by atoms with Crippen LogP contribution in [0.3, 0.4) is 0 Å². The average molecular weight is 431 g/mol. The number of hydrazine groups is 1. The molecule has 3 N–H and O–H groups in total. The van der Waals surface area contributed by atoms with Crippen molar-refractivity contribution >= 4 is 38.5 Å². The van der Waals surface area contributed by atoms with Gasteiger partial charge in [-0.2, -0.15) is 0 Å². The van der Waals surface area contributed by atoms with Gasteiger partial charge < -0.3 is 0 Å². The summed E-state index contributed by atoms with van der Waals surface area (Å²) in [7, 11) is 0. The predicted octanol–water partition coefficient (Wildman–Crippen LogP) is 4.11. The minimum Gasteiger partial charge on any atom is -0.271 e. The fourth-order valence-electron chi connectivity index (χ4n) is 2.00. The highest BCUT2D eigenvalue weighted by atomic mass is 127. The van der Waals surface area contributed by atoms with Crippen molar-refractivity contribution in [2.24, 2.45) is 5.84 Å². The Labute approximate surface area is 136 Å². The van der Waals surface area contributed by atoms with E-state index in [4.69, 9.17) is 5.84 Å². The molecule has 0 aliphatic heterocycles. The van der Waals surface area contributed by atoms with Crippen molar-refractivity contribution in [2.75, 3.05) is 0 Å². The number of nitrogens with one attached hydrogen (secondary N) is 1. The highest BCUT2D eigenvalue weighted by molar-refractivity contribution is 14.1. The fourth-order valence-corrected chi connectivity index (χ4v) is 3.04. The zero-order chi connectivity index (χ0) is 13.8. The van der Waals surface area contributed by atoms with Gasteiger partial charge in [0.2, 0.25) is 0 Å². The fraction of sp³-hybridized carbons (Fsp3) is 0.200.